The van der Waals surface area contributed by atoms with Gasteiger partial charge in [-0.3, -0.25) is 0 Å². The van der Waals surface area contributed by atoms with Gasteiger partial charge in [0.15, 0.2) is 0 Å². The van der Waals surface area contributed by atoms with Crippen molar-refractivity contribution in [3.63, 3.8) is 0 Å². The van der Waals surface area contributed by atoms with Gasteiger partial charge in [-0.2, -0.15) is 4.31 Å². The minimum atomic E-state index is -3.21. The van der Waals surface area contributed by atoms with Crippen LogP contribution in [0.1, 0.15) is 25.7 Å². The summed E-state index contributed by atoms with van der Waals surface area (Å²) in [6.45, 7) is 1.98. The van der Waals surface area contributed by atoms with Crippen LogP contribution in [0.2, 0.25) is 0 Å². The molecule has 2 N–H and O–H groups in total. The minimum absolute atomic E-state index is 0.0562. The predicted molar refractivity (Wildman–Crippen MR) is 61.6 cm³/mol. The molecule has 0 aromatic rings. The average Bonchev–Trinajstić information content (AvgIpc) is 2.79. The van der Waals surface area contributed by atoms with Crippen LogP contribution < -0.4 is 5.32 Å². The molecule has 0 aliphatic carbocycles. The van der Waals surface area contributed by atoms with E-state index in [0.717, 1.165) is 32.2 Å². The summed E-state index contributed by atoms with van der Waals surface area (Å²) in [5.41, 5.74) is 0. The third-order valence-corrected chi connectivity index (χ3v) is 5.91. The third-order valence-electron chi connectivity index (χ3n) is 3.53. The van der Waals surface area contributed by atoms with Gasteiger partial charge < -0.3 is 10.4 Å². The van der Waals surface area contributed by atoms with Crippen LogP contribution in [0.5, 0.6) is 0 Å². The van der Waals surface area contributed by atoms with Crippen molar-refractivity contribution in [2.24, 2.45) is 0 Å². The zero-order valence-corrected chi connectivity index (χ0v) is 10.2. The molecule has 0 aromatic carbocycles. The highest BCUT2D eigenvalue weighted by Crippen LogP contribution is 2.25. The minimum Gasteiger partial charge on any atom is -0.395 e. The lowest BCUT2D eigenvalue weighted by Crippen LogP contribution is -2.48. The van der Waals surface area contributed by atoms with Crippen molar-refractivity contribution in [3.05, 3.63) is 0 Å². The van der Waals surface area contributed by atoms with E-state index in [4.69, 9.17) is 0 Å². The van der Waals surface area contributed by atoms with Crippen LogP contribution in [0.4, 0.5) is 0 Å². The average molecular weight is 248 g/mol. The van der Waals surface area contributed by atoms with Gasteiger partial charge in [0.25, 0.3) is 0 Å². The van der Waals surface area contributed by atoms with Gasteiger partial charge in [0.05, 0.1) is 11.9 Å². The fraction of sp³-hybridized carbons (Fsp3) is 1.00. The first kappa shape index (κ1) is 12.3. The summed E-state index contributed by atoms with van der Waals surface area (Å²) in [7, 11) is -3.21. The standard InChI is InChI=1S/C10H20N2O3S/c13-8-9-3-2-6-12(9)16(14,15)10-4-1-5-11-7-10/h9-11,13H,1-8H2. The Balaban J connectivity index is 2.11. The zero-order valence-electron chi connectivity index (χ0n) is 9.43. The first-order chi connectivity index (χ1) is 7.66. The molecule has 0 spiro atoms. The molecule has 2 fully saturated rings. The van der Waals surface area contributed by atoms with Gasteiger partial charge >= 0.3 is 0 Å². The molecule has 0 radical (unpaired) electrons. The maximum absolute atomic E-state index is 12.3. The van der Waals surface area contributed by atoms with Crippen LogP contribution in [0.15, 0.2) is 0 Å². The van der Waals surface area contributed by atoms with E-state index in [9.17, 15) is 13.5 Å². The second-order valence-electron chi connectivity index (χ2n) is 4.60. The van der Waals surface area contributed by atoms with Gasteiger partial charge in [-0.05, 0) is 32.2 Å². The normalized spacial score (nSPS) is 33.1. The SMILES string of the molecule is O=S(=O)(C1CCCNC1)N1CCCC1CO. The summed E-state index contributed by atoms with van der Waals surface area (Å²) in [4.78, 5) is 0. The lowest BCUT2D eigenvalue weighted by atomic mass is 10.2. The number of nitrogens with zero attached hydrogens (tertiary/aromatic N) is 1. The van der Waals surface area contributed by atoms with E-state index in [1.54, 1.807) is 0 Å². The Bertz CT molecular complexity index is 325. The second kappa shape index (κ2) is 5.00. The van der Waals surface area contributed by atoms with Crippen molar-refractivity contribution in [1.82, 2.24) is 9.62 Å². The fourth-order valence-corrected chi connectivity index (χ4v) is 4.74. The van der Waals surface area contributed by atoms with Crippen molar-refractivity contribution in [1.29, 1.82) is 0 Å². The van der Waals surface area contributed by atoms with Crippen LogP contribution in [-0.4, -0.2) is 55.4 Å². The van der Waals surface area contributed by atoms with Crippen LogP contribution in [0.25, 0.3) is 0 Å². The largest absolute Gasteiger partial charge is 0.395 e. The Morgan fingerprint density at radius 3 is 2.75 bits per heavy atom. The van der Waals surface area contributed by atoms with Crippen molar-refractivity contribution >= 4 is 10.0 Å². The summed E-state index contributed by atoms with van der Waals surface area (Å²) < 4.78 is 26.2. The number of aliphatic hydroxyl groups excluding tert-OH is 1. The molecule has 2 aliphatic heterocycles. The molecule has 2 saturated heterocycles. The molecule has 2 aliphatic rings. The van der Waals surface area contributed by atoms with Crippen LogP contribution in [0, 0.1) is 0 Å². The summed E-state index contributed by atoms with van der Waals surface area (Å²) >= 11 is 0. The number of hydrogen-bond donors (Lipinski definition) is 2. The Labute approximate surface area is 96.9 Å². The molecule has 0 bridgehead atoms. The molecular formula is C10H20N2O3S. The third kappa shape index (κ3) is 2.25. The van der Waals surface area contributed by atoms with Gasteiger partial charge in [0, 0.05) is 19.1 Å². The highest BCUT2D eigenvalue weighted by atomic mass is 32.2. The number of sulfonamides is 1. The van der Waals surface area contributed by atoms with E-state index in [0.29, 0.717) is 13.1 Å². The quantitative estimate of drug-likeness (QED) is 0.708. The second-order valence-corrected chi connectivity index (χ2v) is 6.77. The summed E-state index contributed by atoms with van der Waals surface area (Å²) in [5.74, 6) is 0. The van der Waals surface area contributed by atoms with Crippen molar-refractivity contribution in [3.8, 4) is 0 Å². The van der Waals surface area contributed by atoms with Gasteiger partial charge in [-0.15, -0.1) is 0 Å². The van der Waals surface area contributed by atoms with E-state index >= 15 is 0 Å². The Morgan fingerprint density at radius 2 is 2.12 bits per heavy atom. The molecule has 5 nitrogen and oxygen atoms in total. The maximum atomic E-state index is 12.3. The molecule has 0 aromatic heterocycles. The molecule has 94 valence electrons. The molecule has 2 heterocycles. The topological polar surface area (TPSA) is 69.6 Å². The smallest absolute Gasteiger partial charge is 0.218 e. The summed E-state index contributed by atoms with van der Waals surface area (Å²) in [6, 6.07) is -0.188. The molecule has 16 heavy (non-hydrogen) atoms. The van der Waals surface area contributed by atoms with Crippen molar-refractivity contribution in [2.45, 2.75) is 37.0 Å². The molecule has 0 saturated carbocycles. The van der Waals surface area contributed by atoms with Crippen LogP contribution in [-0.2, 0) is 10.0 Å². The summed E-state index contributed by atoms with van der Waals surface area (Å²) in [5, 5.41) is 12.0. The van der Waals surface area contributed by atoms with Crippen LogP contribution >= 0.6 is 0 Å². The first-order valence-electron chi connectivity index (χ1n) is 5.98. The van der Waals surface area contributed by atoms with E-state index in [2.05, 4.69) is 5.32 Å². The van der Waals surface area contributed by atoms with Gasteiger partial charge in [0.1, 0.15) is 0 Å². The van der Waals surface area contributed by atoms with Crippen LogP contribution in [0.3, 0.4) is 0 Å². The number of nitrogens with one attached hydrogen (secondary N) is 1. The molecule has 2 unspecified atom stereocenters. The van der Waals surface area contributed by atoms with E-state index in [1.165, 1.54) is 4.31 Å². The molecular weight excluding hydrogens is 228 g/mol. The lowest BCUT2D eigenvalue weighted by molar-refractivity contribution is 0.212. The van der Waals surface area contributed by atoms with Gasteiger partial charge in [-0.1, -0.05) is 0 Å². The number of hydrogen-bond acceptors (Lipinski definition) is 4. The lowest BCUT2D eigenvalue weighted by Gasteiger charge is -2.30. The monoisotopic (exact) mass is 248 g/mol. The molecule has 0 amide bonds. The van der Waals surface area contributed by atoms with Gasteiger partial charge in [0.2, 0.25) is 10.0 Å². The van der Waals surface area contributed by atoms with Crippen molar-refractivity contribution < 1.29 is 13.5 Å². The molecule has 2 rings (SSSR count). The highest BCUT2D eigenvalue weighted by molar-refractivity contribution is 7.89. The zero-order chi connectivity index (χ0) is 11.6. The summed E-state index contributed by atoms with van der Waals surface area (Å²) in [6.07, 6.45) is 3.31. The Kier molecular flexibility index (Phi) is 3.84. The molecule has 6 heteroatoms. The number of rotatable bonds is 3. The Hall–Kier alpha value is -0.170. The number of piperidine rings is 1. The van der Waals surface area contributed by atoms with Gasteiger partial charge in [-0.25, -0.2) is 8.42 Å². The Morgan fingerprint density at radius 1 is 1.31 bits per heavy atom. The van der Waals surface area contributed by atoms with Crippen molar-refractivity contribution in [2.75, 3.05) is 26.2 Å². The first-order valence-corrected chi connectivity index (χ1v) is 7.49. The van der Waals surface area contributed by atoms with E-state index in [-0.39, 0.29) is 17.9 Å². The predicted octanol–water partition coefficient (Wildman–Crippen LogP) is -0.475. The molecule has 2 atom stereocenters. The van der Waals surface area contributed by atoms with E-state index in [1.807, 2.05) is 0 Å². The maximum Gasteiger partial charge on any atom is 0.218 e. The number of aliphatic hydroxyl groups is 1. The highest BCUT2D eigenvalue weighted by Gasteiger charge is 2.39. The van der Waals surface area contributed by atoms with E-state index < -0.39 is 10.0 Å². The fourth-order valence-electron chi connectivity index (χ4n) is 2.59.